The zero-order valence-corrected chi connectivity index (χ0v) is 17.9. The number of hydrogen-bond donors (Lipinski definition) is 2. The highest BCUT2D eigenvalue weighted by Crippen LogP contribution is 2.32. The van der Waals surface area contributed by atoms with Crippen LogP contribution in [0.15, 0.2) is 66.7 Å². The molecule has 0 spiro atoms. The second kappa shape index (κ2) is 8.98. The molecule has 0 aliphatic heterocycles. The number of alkyl halides is 6. The van der Waals surface area contributed by atoms with Gasteiger partial charge >= 0.3 is 11.7 Å². The molecular formula is C23H15F6N3OS. The van der Waals surface area contributed by atoms with E-state index >= 15 is 0 Å². The zero-order valence-electron chi connectivity index (χ0n) is 17.0. The molecular weight excluding hydrogens is 480 g/mol. The van der Waals surface area contributed by atoms with Gasteiger partial charge in [0.25, 0.3) is 0 Å². The highest BCUT2D eigenvalue weighted by atomic mass is 32.2. The van der Waals surface area contributed by atoms with E-state index in [0.29, 0.717) is 33.5 Å². The SMILES string of the molecule is O=S(Nc1ccccc1-c1ccc2nc(/C=C/c3ccc(C(F)(F)F)cc3)[nH]c2c1)C(F)(F)F. The molecule has 176 valence electrons. The normalized spacial score (nSPS) is 13.5. The van der Waals surface area contributed by atoms with Gasteiger partial charge in [-0.25, -0.2) is 9.19 Å². The van der Waals surface area contributed by atoms with Crippen LogP contribution in [0.3, 0.4) is 0 Å². The van der Waals surface area contributed by atoms with Gasteiger partial charge in [0.05, 0.1) is 22.3 Å². The maximum Gasteiger partial charge on any atom is 0.490 e. The van der Waals surface area contributed by atoms with Crippen molar-refractivity contribution in [3.05, 3.63) is 83.7 Å². The fourth-order valence-electron chi connectivity index (χ4n) is 3.22. The predicted molar refractivity (Wildman–Crippen MR) is 120 cm³/mol. The summed E-state index contributed by atoms with van der Waals surface area (Å²) >= 11 is 0. The first-order valence-electron chi connectivity index (χ1n) is 9.70. The Labute approximate surface area is 191 Å². The van der Waals surface area contributed by atoms with Crippen molar-refractivity contribution in [1.82, 2.24) is 9.97 Å². The highest BCUT2D eigenvalue weighted by molar-refractivity contribution is 7.87. The molecule has 0 aliphatic rings. The number of rotatable bonds is 5. The van der Waals surface area contributed by atoms with E-state index in [0.717, 1.165) is 12.1 Å². The van der Waals surface area contributed by atoms with Crippen molar-refractivity contribution in [2.45, 2.75) is 11.7 Å². The summed E-state index contributed by atoms with van der Waals surface area (Å²) in [4.78, 5) is 7.44. The number of benzene rings is 3. The maximum absolute atomic E-state index is 12.7. The number of nitrogens with zero attached hydrogens (tertiary/aromatic N) is 1. The van der Waals surface area contributed by atoms with Gasteiger partial charge in [-0.3, -0.25) is 4.72 Å². The van der Waals surface area contributed by atoms with Crippen molar-refractivity contribution in [3.8, 4) is 11.1 Å². The molecule has 11 heteroatoms. The third-order valence-electron chi connectivity index (χ3n) is 4.82. The van der Waals surface area contributed by atoms with Gasteiger partial charge in [0.1, 0.15) is 5.82 Å². The first-order valence-corrected chi connectivity index (χ1v) is 10.9. The van der Waals surface area contributed by atoms with Crippen LogP contribution >= 0.6 is 0 Å². The van der Waals surface area contributed by atoms with Crippen LogP contribution in [0, 0.1) is 0 Å². The van der Waals surface area contributed by atoms with Crippen molar-refractivity contribution in [2.75, 3.05) is 4.72 Å². The van der Waals surface area contributed by atoms with Gasteiger partial charge in [-0.2, -0.15) is 26.3 Å². The molecule has 0 bridgehead atoms. The molecule has 1 heterocycles. The number of hydrogen-bond acceptors (Lipinski definition) is 2. The Hall–Kier alpha value is -3.60. The number of aromatic nitrogens is 2. The summed E-state index contributed by atoms with van der Waals surface area (Å²) in [6.45, 7) is 0. The maximum atomic E-state index is 12.7. The lowest BCUT2D eigenvalue weighted by Crippen LogP contribution is -2.23. The third kappa shape index (κ3) is 5.30. The minimum absolute atomic E-state index is 0.0550. The van der Waals surface area contributed by atoms with Crippen molar-refractivity contribution >= 4 is 39.9 Å². The number of anilines is 1. The number of aromatic amines is 1. The van der Waals surface area contributed by atoms with Crippen molar-refractivity contribution in [1.29, 1.82) is 0 Å². The van der Waals surface area contributed by atoms with E-state index in [9.17, 15) is 30.6 Å². The summed E-state index contributed by atoms with van der Waals surface area (Å²) in [6.07, 6.45) is -1.21. The van der Waals surface area contributed by atoms with Crippen LogP contribution in [-0.4, -0.2) is 19.7 Å². The minimum Gasteiger partial charge on any atom is -0.338 e. The summed E-state index contributed by atoms with van der Waals surface area (Å²) < 4.78 is 89.7. The number of fused-ring (bicyclic) bond motifs is 1. The summed E-state index contributed by atoms with van der Waals surface area (Å²) in [7, 11) is -3.26. The van der Waals surface area contributed by atoms with E-state index < -0.39 is 28.2 Å². The number of para-hydroxylation sites is 1. The fraction of sp³-hybridized carbons (Fsp3) is 0.0870. The van der Waals surface area contributed by atoms with Crippen LogP contribution in [0.1, 0.15) is 17.0 Å². The molecule has 0 saturated carbocycles. The van der Waals surface area contributed by atoms with E-state index in [2.05, 4.69) is 9.97 Å². The Morgan fingerprint density at radius 2 is 1.59 bits per heavy atom. The molecule has 0 fully saturated rings. The van der Waals surface area contributed by atoms with Gasteiger partial charge < -0.3 is 4.98 Å². The second-order valence-electron chi connectivity index (χ2n) is 7.17. The van der Waals surface area contributed by atoms with Crippen LogP contribution < -0.4 is 4.72 Å². The van der Waals surface area contributed by atoms with Crippen molar-refractivity contribution < 1.29 is 30.6 Å². The number of imidazole rings is 1. The molecule has 1 atom stereocenters. The molecule has 4 rings (SSSR count). The predicted octanol–water partition coefficient (Wildman–Crippen LogP) is 7.01. The van der Waals surface area contributed by atoms with E-state index in [1.54, 1.807) is 42.5 Å². The first-order chi connectivity index (χ1) is 16.0. The molecule has 34 heavy (non-hydrogen) atoms. The van der Waals surface area contributed by atoms with E-state index in [-0.39, 0.29) is 5.69 Å². The Bertz CT molecular complexity index is 1370. The largest absolute Gasteiger partial charge is 0.490 e. The number of halogens is 6. The van der Waals surface area contributed by atoms with E-state index in [4.69, 9.17) is 0 Å². The van der Waals surface area contributed by atoms with Crippen molar-refractivity contribution in [2.24, 2.45) is 0 Å². The van der Waals surface area contributed by atoms with Gasteiger partial charge in [0.15, 0.2) is 0 Å². The second-order valence-corrected chi connectivity index (χ2v) is 8.37. The van der Waals surface area contributed by atoms with Gasteiger partial charge in [-0.1, -0.05) is 42.5 Å². The smallest absolute Gasteiger partial charge is 0.338 e. The topological polar surface area (TPSA) is 57.8 Å². The molecule has 0 radical (unpaired) electrons. The Balaban J connectivity index is 1.59. The zero-order chi connectivity index (χ0) is 24.5. The molecule has 0 saturated heterocycles. The molecule has 0 amide bonds. The molecule has 1 aromatic heterocycles. The van der Waals surface area contributed by atoms with Crippen LogP contribution in [0.25, 0.3) is 34.3 Å². The van der Waals surface area contributed by atoms with E-state index in [1.165, 1.54) is 24.3 Å². The third-order valence-corrected chi connectivity index (χ3v) is 5.65. The van der Waals surface area contributed by atoms with Gasteiger partial charge in [-0.05, 0) is 47.5 Å². The van der Waals surface area contributed by atoms with Crippen LogP contribution in [0.5, 0.6) is 0 Å². The van der Waals surface area contributed by atoms with E-state index in [1.807, 2.05) is 4.72 Å². The summed E-state index contributed by atoms with van der Waals surface area (Å²) in [5.74, 6) is 0.441. The quantitative estimate of drug-likeness (QED) is 0.293. The molecule has 4 nitrogen and oxygen atoms in total. The molecule has 0 aliphatic carbocycles. The lowest BCUT2D eigenvalue weighted by atomic mass is 10.0. The van der Waals surface area contributed by atoms with Gasteiger partial charge in [0.2, 0.25) is 11.0 Å². The highest BCUT2D eigenvalue weighted by Gasteiger charge is 2.37. The summed E-state index contributed by atoms with van der Waals surface area (Å²) in [5, 5.41) is 0. The number of H-pyrrole nitrogens is 1. The average Bonchev–Trinajstić information content (AvgIpc) is 3.19. The Kier molecular flexibility index (Phi) is 6.22. The first kappa shape index (κ1) is 23.6. The molecule has 2 N–H and O–H groups in total. The van der Waals surface area contributed by atoms with Crippen molar-refractivity contribution in [3.63, 3.8) is 0 Å². The monoisotopic (exact) mass is 495 g/mol. The Morgan fingerprint density at radius 3 is 2.26 bits per heavy atom. The van der Waals surface area contributed by atoms with Crippen LogP contribution in [0.2, 0.25) is 0 Å². The van der Waals surface area contributed by atoms with Crippen LogP contribution in [-0.2, 0) is 17.2 Å². The van der Waals surface area contributed by atoms with Gasteiger partial charge in [-0.15, -0.1) is 0 Å². The summed E-state index contributed by atoms with van der Waals surface area (Å²) in [5.41, 5.74) is -2.89. The lowest BCUT2D eigenvalue weighted by Gasteiger charge is -2.13. The summed E-state index contributed by atoms with van der Waals surface area (Å²) in [6, 6.07) is 15.9. The Morgan fingerprint density at radius 1 is 0.882 bits per heavy atom. The average molecular weight is 495 g/mol. The van der Waals surface area contributed by atoms with Gasteiger partial charge in [0, 0.05) is 5.56 Å². The number of nitrogens with one attached hydrogen (secondary N) is 2. The standard InChI is InChI=1S/C23H15F6N3OS/c24-22(25,26)16-9-5-14(6-10-16)7-12-21-30-19-11-8-15(13-20(19)31-21)17-3-1-2-4-18(17)32-34(33)23(27,28)29/h1-13,32H,(H,30,31)/b12-7+. The molecule has 1 unspecified atom stereocenters. The molecule has 3 aromatic carbocycles. The van der Waals surface area contributed by atoms with Crippen LogP contribution in [0.4, 0.5) is 32.0 Å². The molecule has 4 aromatic rings. The fourth-order valence-corrected chi connectivity index (χ4v) is 3.71. The minimum atomic E-state index is -4.91. The lowest BCUT2D eigenvalue weighted by molar-refractivity contribution is -0.137.